The van der Waals surface area contributed by atoms with Crippen LogP contribution in [0.4, 0.5) is 31.1 Å². The van der Waals surface area contributed by atoms with Gasteiger partial charge in [-0.1, -0.05) is 0 Å². The minimum absolute atomic E-state index is 0.0179. The topological polar surface area (TPSA) is 86.9 Å². The van der Waals surface area contributed by atoms with Gasteiger partial charge in [0.05, 0.1) is 0 Å². The van der Waals surface area contributed by atoms with E-state index in [2.05, 4.69) is 20.5 Å². The molecule has 1 aromatic carbocycles. The van der Waals surface area contributed by atoms with Crippen LogP contribution in [0.2, 0.25) is 0 Å². The Kier molecular flexibility index (Phi) is 6.47. The van der Waals surface area contributed by atoms with Crippen LogP contribution in [0.5, 0.6) is 0 Å². The van der Waals surface area contributed by atoms with Gasteiger partial charge in [0.2, 0.25) is 0 Å². The summed E-state index contributed by atoms with van der Waals surface area (Å²) in [5.41, 5.74) is -2.10. The summed E-state index contributed by atoms with van der Waals surface area (Å²) in [6.45, 7) is 5.31. The monoisotopic (exact) mass is 516 g/mol. The van der Waals surface area contributed by atoms with Crippen molar-refractivity contribution in [2.24, 2.45) is 0 Å². The molecule has 0 saturated carbocycles. The van der Waals surface area contributed by atoms with Crippen LogP contribution < -0.4 is 5.32 Å². The number of halogens is 6. The fourth-order valence-electron chi connectivity index (χ4n) is 3.85. The number of rotatable bonds is 5. The third-order valence-corrected chi connectivity index (χ3v) is 5.36. The van der Waals surface area contributed by atoms with Crippen molar-refractivity contribution >= 4 is 6.09 Å². The number of alkyl carbamates (subject to hydrolysis) is 1. The van der Waals surface area contributed by atoms with Crippen molar-refractivity contribution in [3.63, 3.8) is 0 Å². The average Bonchev–Trinajstić information content (AvgIpc) is 3.34. The summed E-state index contributed by atoms with van der Waals surface area (Å²) in [7, 11) is 0. The number of benzene rings is 1. The van der Waals surface area contributed by atoms with Crippen LogP contribution in [-0.4, -0.2) is 42.1 Å². The van der Waals surface area contributed by atoms with Gasteiger partial charge in [-0.25, -0.2) is 22.9 Å². The molecule has 3 heterocycles. The number of aromatic nitrogens is 5. The van der Waals surface area contributed by atoms with Gasteiger partial charge >= 0.3 is 12.3 Å². The Morgan fingerprint density at radius 2 is 1.72 bits per heavy atom. The fourth-order valence-corrected chi connectivity index (χ4v) is 3.85. The van der Waals surface area contributed by atoms with Crippen molar-refractivity contribution in [3.05, 3.63) is 52.9 Å². The van der Waals surface area contributed by atoms with E-state index < -0.39 is 47.1 Å². The average molecular weight is 516 g/mol. The molecule has 8 nitrogen and oxygen atoms in total. The normalized spacial score (nSPS) is 14.2. The number of nitrogens with zero attached hydrogens (tertiary/aromatic N) is 5. The SMILES string of the molecule is CC(C)(C)OC(=O)N[C@H](Cc1cc(F)c(F)cc1F)Cc1nnc2n1CCn1cc(C(F)(F)F)nc1-2. The van der Waals surface area contributed by atoms with E-state index in [1.807, 2.05) is 0 Å². The van der Waals surface area contributed by atoms with Crippen LogP contribution in [0.1, 0.15) is 37.9 Å². The molecule has 1 amide bonds. The minimum atomic E-state index is -4.63. The van der Waals surface area contributed by atoms with E-state index in [9.17, 15) is 31.1 Å². The zero-order valence-corrected chi connectivity index (χ0v) is 19.5. The highest BCUT2D eigenvalue weighted by atomic mass is 19.4. The number of aryl methyl sites for hydroxylation is 1. The summed E-state index contributed by atoms with van der Waals surface area (Å²) >= 11 is 0. The number of amides is 1. The highest BCUT2D eigenvalue weighted by molar-refractivity contribution is 5.68. The second kappa shape index (κ2) is 9.13. The highest BCUT2D eigenvalue weighted by Crippen LogP contribution is 2.32. The van der Waals surface area contributed by atoms with Crippen molar-refractivity contribution in [1.29, 1.82) is 0 Å². The summed E-state index contributed by atoms with van der Waals surface area (Å²) in [6.07, 6.45) is -4.88. The summed E-state index contributed by atoms with van der Waals surface area (Å²) in [5, 5.41) is 10.6. The number of hydrogen-bond acceptors (Lipinski definition) is 5. The maximum atomic E-state index is 14.3. The summed E-state index contributed by atoms with van der Waals surface area (Å²) in [6, 6.07) is 0.204. The van der Waals surface area contributed by atoms with Crippen LogP contribution in [0.25, 0.3) is 11.6 Å². The van der Waals surface area contributed by atoms with Crippen LogP contribution in [0.15, 0.2) is 18.3 Å². The molecule has 194 valence electrons. The zero-order valence-electron chi connectivity index (χ0n) is 19.5. The van der Waals surface area contributed by atoms with Gasteiger partial charge < -0.3 is 19.2 Å². The van der Waals surface area contributed by atoms with Gasteiger partial charge in [0.1, 0.15) is 17.2 Å². The lowest BCUT2D eigenvalue weighted by Crippen LogP contribution is -2.42. The molecule has 0 bridgehead atoms. The third kappa shape index (κ3) is 5.46. The maximum Gasteiger partial charge on any atom is 0.434 e. The van der Waals surface area contributed by atoms with E-state index in [-0.39, 0.29) is 49.0 Å². The Morgan fingerprint density at radius 3 is 2.39 bits per heavy atom. The Labute approximate surface area is 201 Å². The summed E-state index contributed by atoms with van der Waals surface area (Å²) in [4.78, 5) is 16.1. The molecule has 1 aliphatic heterocycles. The van der Waals surface area contributed by atoms with E-state index in [0.717, 1.165) is 6.20 Å². The molecule has 4 rings (SSSR count). The molecule has 3 aromatic rings. The van der Waals surface area contributed by atoms with Crippen LogP contribution >= 0.6 is 0 Å². The predicted octanol–water partition coefficient (Wildman–Crippen LogP) is 4.27. The zero-order chi connectivity index (χ0) is 26.4. The molecule has 1 N–H and O–H groups in total. The largest absolute Gasteiger partial charge is 0.444 e. The van der Waals surface area contributed by atoms with E-state index >= 15 is 0 Å². The fraction of sp³-hybridized carbons (Fsp3) is 0.455. The molecule has 1 atom stereocenters. The number of carbonyl (C=O) groups excluding carboxylic acids is 1. The Balaban J connectivity index is 1.63. The Bertz CT molecular complexity index is 1290. The smallest absolute Gasteiger partial charge is 0.434 e. The molecule has 0 aliphatic carbocycles. The van der Waals surface area contributed by atoms with E-state index in [1.165, 1.54) is 4.57 Å². The van der Waals surface area contributed by atoms with Crippen LogP contribution in [0.3, 0.4) is 0 Å². The second-order valence-corrected chi connectivity index (χ2v) is 9.34. The van der Waals surface area contributed by atoms with Crippen molar-refractivity contribution in [2.75, 3.05) is 0 Å². The molecule has 0 unspecified atom stereocenters. The molecule has 1 aliphatic rings. The molecule has 2 aromatic heterocycles. The second-order valence-electron chi connectivity index (χ2n) is 9.34. The standard InChI is InChI=1S/C22H22F6N6O2/c1-21(2,3)36-20(35)29-12(6-11-7-14(24)15(25)9-13(11)23)8-17-31-32-19-18-30-16(22(26,27)28)10-33(18)4-5-34(17)19/h7,9-10,12H,4-6,8H2,1-3H3,(H,29,35)/t12-/m1/s1. The molecule has 0 spiro atoms. The first-order chi connectivity index (χ1) is 16.7. The molecule has 36 heavy (non-hydrogen) atoms. The first kappa shape index (κ1) is 25.5. The predicted molar refractivity (Wildman–Crippen MR) is 113 cm³/mol. The highest BCUT2D eigenvalue weighted by Gasteiger charge is 2.37. The van der Waals surface area contributed by atoms with Gasteiger partial charge in [-0.05, 0) is 38.8 Å². The van der Waals surface area contributed by atoms with Gasteiger partial charge in [0, 0.05) is 37.8 Å². The number of ether oxygens (including phenoxy) is 1. The van der Waals surface area contributed by atoms with Crippen LogP contribution in [-0.2, 0) is 36.8 Å². The molecule has 0 saturated heterocycles. The van der Waals surface area contributed by atoms with Crippen molar-refractivity contribution in [2.45, 2.75) is 64.5 Å². The summed E-state index contributed by atoms with van der Waals surface area (Å²) in [5.74, 6) is -3.26. The lowest BCUT2D eigenvalue weighted by Gasteiger charge is -2.24. The number of carbonyl (C=O) groups is 1. The Hall–Kier alpha value is -3.58. The lowest BCUT2D eigenvalue weighted by atomic mass is 10.0. The van der Waals surface area contributed by atoms with Gasteiger partial charge in [-0.15, -0.1) is 10.2 Å². The van der Waals surface area contributed by atoms with E-state index in [0.29, 0.717) is 12.1 Å². The summed E-state index contributed by atoms with van der Waals surface area (Å²) < 4.78 is 88.9. The number of nitrogens with one attached hydrogen (secondary N) is 1. The van der Waals surface area contributed by atoms with Gasteiger partial charge in [0.25, 0.3) is 0 Å². The van der Waals surface area contributed by atoms with Gasteiger partial charge in [-0.2, -0.15) is 13.2 Å². The quantitative estimate of drug-likeness (QED) is 0.405. The lowest BCUT2D eigenvalue weighted by molar-refractivity contribution is -0.140. The molecular weight excluding hydrogens is 494 g/mol. The third-order valence-electron chi connectivity index (χ3n) is 5.36. The van der Waals surface area contributed by atoms with Crippen molar-refractivity contribution < 1.29 is 35.9 Å². The number of fused-ring (bicyclic) bond motifs is 3. The number of alkyl halides is 3. The molecular formula is C22H22F6N6O2. The van der Waals surface area contributed by atoms with Crippen LogP contribution in [0, 0.1) is 17.5 Å². The number of hydrogen-bond donors (Lipinski definition) is 1. The van der Waals surface area contributed by atoms with Crippen molar-refractivity contribution in [3.8, 4) is 11.6 Å². The number of imidazole rings is 1. The van der Waals surface area contributed by atoms with E-state index in [1.54, 1.807) is 25.3 Å². The van der Waals surface area contributed by atoms with Crippen molar-refractivity contribution in [1.82, 2.24) is 29.6 Å². The van der Waals surface area contributed by atoms with E-state index in [4.69, 9.17) is 4.74 Å². The van der Waals surface area contributed by atoms with Gasteiger partial charge in [0.15, 0.2) is 29.0 Å². The maximum absolute atomic E-state index is 14.3. The minimum Gasteiger partial charge on any atom is -0.444 e. The first-order valence-corrected chi connectivity index (χ1v) is 10.9. The van der Waals surface area contributed by atoms with Gasteiger partial charge in [-0.3, -0.25) is 0 Å². The Morgan fingerprint density at radius 1 is 1.03 bits per heavy atom. The molecule has 14 heteroatoms. The molecule has 0 fully saturated rings. The molecule has 0 radical (unpaired) electrons. The first-order valence-electron chi connectivity index (χ1n) is 10.9.